The number of halogens is 1. The van der Waals surface area contributed by atoms with Gasteiger partial charge in [0.1, 0.15) is 0 Å². The Hall–Kier alpha value is -2.40. The monoisotopic (exact) mass is 300 g/mol. The molecule has 5 nitrogen and oxygen atoms in total. The molecular weight excluding hydrogens is 288 g/mol. The van der Waals surface area contributed by atoms with E-state index in [-0.39, 0.29) is 5.91 Å². The highest BCUT2D eigenvalue weighted by atomic mass is 35.5. The molecule has 0 fully saturated rings. The maximum atomic E-state index is 12.2. The Bertz CT molecular complexity index is 798. The molecule has 0 unspecified atom stereocenters. The highest BCUT2D eigenvalue weighted by Crippen LogP contribution is 2.19. The molecule has 21 heavy (non-hydrogen) atoms. The molecule has 1 aromatic carbocycles. The Morgan fingerprint density at radius 1 is 1.38 bits per heavy atom. The van der Waals surface area contributed by atoms with Gasteiger partial charge in [0.15, 0.2) is 0 Å². The van der Waals surface area contributed by atoms with Gasteiger partial charge in [-0.25, -0.2) is 4.98 Å². The summed E-state index contributed by atoms with van der Waals surface area (Å²) in [4.78, 5) is 20.4. The van der Waals surface area contributed by atoms with Crippen molar-refractivity contribution in [2.45, 2.75) is 6.54 Å². The molecule has 0 aliphatic heterocycles. The van der Waals surface area contributed by atoms with E-state index in [9.17, 15) is 4.79 Å². The van der Waals surface area contributed by atoms with Crippen LogP contribution >= 0.6 is 11.6 Å². The van der Waals surface area contributed by atoms with Gasteiger partial charge in [-0.05, 0) is 41.4 Å². The van der Waals surface area contributed by atoms with E-state index in [2.05, 4.69) is 15.3 Å². The fourth-order valence-corrected chi connectivity index (χ4v) is 2.28. The van der Waals surface area contributed by atoms with Crippen LogP contribution in [0, 0.1) is 0 Å². The molecule has 0 saturated heterocycles. The Morgan fingerprint density at radius 3 is 3.00 bits per heavy atom. The van der Waals surface area contributed by atoms with Crippen LogP contribution in [-0.2, 0) is 13.6 Å². The van der Waals surface area contributed by atoms with Crippen molar-refractivity contribution in [2.24, 2.45) is 7.05 Å². The normalized spacial score (nSPS) is 10.8. The molecule has 0 radical (unpaired) electrons. The number of rotatable bonds is 3. The molecular formula is C15H13ClN4O. The lowest BCUT2D eigenvalue weighted by Gasteiger charge is -2.05. The van der Waals surface area contributed by atoms with Gasteiger partial charge in [-0.15, -0.1) is 0 Å². The summed E-state index contributed by atoms with van der Waals surface area (Å²) in [5, 5.41) is 3.26. The van der Waals surface area contributed by atoms with Crippen molar-refractivity contribution in [1.82, 2.24) is 19.9 Å². The maximum absolute atomic E-state index is 12.2. The minimum Gasteiger partial charge on any atom is -0.348 e. The Labute approximate surface area is 126 Å². The number of fused-ring (bicyclic) bond motifs is 1. The molecule has 2 heterocycles. The van der Waals surface area contributed by atoms with E-state index in [1.54, 1.807) is 29.1 Å². The van der Waals surface area contributed by atoms with Crippen molar-refractivity contribution in [3.05, 3.63) is 59.1 Å². The van der Waals surface area contributed by atoms with Crippen LogP contribution in [0.2, 0.25) is 5.28 Å². The highest BCUT2D eigenvalue weighted by molar-refractivity contribution is 6.29. The molecule has 1 N–H and O–H groups in total. The van der Waals surface area contributed by atoms with Crippen LogP contribution in [0.15, 0.2) is 42.7 Å². The summed E-state index contributed by atoms with van der Waals surface area (Å²) in [6.45, 7) is 0.438. The molecule has 1 amide bonds. The second-order valence-electron chi connectivity index (χ2n) is 4.69. The Kier molecular flexibility index (Phi) is 3.58. The lowest BCUT2D eigenvalue weighted by Crippen LogP contribution is -2.22. The average molecular weight is 301 g/mol. The molecule has 3 aromatic rings. The zero-order chi connectivity index (χ0) is 14.8. The predicted molar refractivity (Wildman–Crippen MR) is 81.1 cm³/mol. The van der Waals surface area contributed by atoms with Gasteiger partial charge in [0.05, 0.1) is 11.0 Å². The first-order valence-corrected chi connectivity index (χ1v) is 6.82. The van der Waals surface area contributed by atoms with Gasteiger partial charge in [-0.3, -0.25) is 9.78 Å². The largest absolute Gasteiger partial charge is 0.348 e. The van der Waals surface area contributed by atoms with Gasteiger partial charge in [0, 0.05) is 31.5 Å². The minimum absolute atomic E-state index is 0.150. The third kappa shape index (κ3) is 2.73. The van der Waals surface area contributed by atoms with Crippen molar-refractivity contribution >= 4 is 28.5 Å². The smallest absolute Gasteiger partial charge is 0.251 e. The van der Waals surface area contributed by atoms with Gasteiger partial charge in [-0.1, -0.05) is 6.07 Å². The van der Waals surface area contributed by atoms with Gasteiger partial charge in [-0.2, -0.15) is 0 Å². The van der Waals surface area contributed by atoms with Crippen LogP contribution in [0.5, 0.6) is 0 Å². The second kappa shape index (κ2) is 5.54. The van der Waals surface area contributed by atoms with Crippen LogP contribution in [-0.4, -0.2) is 20.4 Å². The number of nitrogens with zero attached hydrogens (tertiary/aromatic N) is 3. The van der Waals surface area contributed by atoms with Crippen LogP contribution in [0.4, 0.5) is 0 Å². The SMILES string of the molecule is Cn1c(Cl)nc2cc(C(=O)NCc3cccnc3)ccc21. The van der Waals surface area contributed by atoms with E-state index in [1.807, 2.05) is 25.2 Å². The summed E-state index contributed by atoms with van der Waals surface area (Å²) >= 11 is 5.97. The van der Waals surface area contributed by atoms with Crippen LogP contribution in [0.1, 0.15) is 15.9 Å². The summed E-state index contributed by atoms with van der Waals surface area (Å²) in [5.74, 6) is -0.150. The second-order valence-corrected chi connectivity index (χ2v) is 5.03. The maximum Gasteiger partial charge on any atom is 0.251 e. The van der Waals surface area contributed by atoms with Crippen molar-refractivity contribution in [2.75, 3.05) is 0 Å². The summed E-state index contributed by atoms with van der Waals surface area (Å²) < 4.78 is 1.77. The molecule has 106 valence electrons. The Morgan fingerprint density at radius 2 is 2.24 bits per heavy atom. The Balaban J connectivity index is 1.78. The van der Waals surface area contributed by atoms with Gasteiger partial charge >= 0.3 is 0 Å². The number of imidazole rings is 1. The van der Waals surface area contributed by atoms with Gasteiger partial charge in [0.25, 0.3) is 5.91 Å². The third-order valence-corrected chi connectivity index (χ3v) is 3.60. The zero-order valence-electron chi connectivity index (χ0n) is 11.4. The number of benzene rings is 1. The van der Waals surface area contributed by atoms with Crippen LogP contribution in [0.25, 0.3) is 11.0 Å². The number of hydrogen-bond acceptors (Lipinski definition) is 3. The number of pyridine rings is 1. The predicted octanol–water partition coefficient (Wildman–Crippen LogP) is 2.55. The first-order chi connectivity index (χ1) is 10.1. The van der Waals surface area contributed by atoms with Crippen molar-refractivity contribution < 1.29 is 4.79 Å². The molecule has 0 aliphatic carbocycles. The molecule has 0 atom stereocenters. The van der Waals surface area contributed by atoms with E-state index in [1.165, 1.54) is 0 Å². The van der Waals surface area contributed by atoms with Crippen molar-refractivity contribution in [3.8, 4) is 0 Å². The van der Waals surface area contributed by atoms with E-state index in [4.69, 9.17) is 11.6 Å². The first kappa shape index (κ1) is 13.6. The number of aromatic nitrogens is 3. The number of carbonyl (C=O) groups excluding carboxylic acids is 1. The molecule has 0 saturated carbocycles. The zero-order valence-corrected chi connectivity index (χ0v) is 12.1. The number of hydrogen-bond donors (Lipinski definition) is 1. The molecule has 3 rings (SSSR count). The summed E-state index contributed by atoms with van der Waals surface area (Å²) in [5.41, 5.74) is 3.11. The minimum atomic E-state index is -0.150. The van der Waals surface area contributed by atoms with Crippen LogP contribution < -0.4 is 5.32 Å². The summed E-state index contributed by atoms with van der Waals surface area (Å²) in [6, 6.07) is 9.09. The van der Waals surface area contributed by atoms with E-state index < -0.39 is 0 Å². The lowest BCUT2D eigenvalue weighted by atomic mass is 10.2. The molecule has 0 aliphatic rings. The summed E-state index contributed by atoms with van der Waals surface area (Å²) in [6.07, 6.45) is 3.42. The highest BCUT2D eigenvalue weighted by Gasteiger charge is 2.10. The van der Waals surface area contributed by atoms with Gasteiger partial charge < -0.3 is 9.88 Å². The van der Waals surface area contributed by atoms with Crippen molar-refractivity contribution in [3.63, 3.8) is 0 Å². The quantitative estimate of drug-likeness (QED) is 0.808. The lowest BCUT2D eigenvalue weighted by molar-refractivity contribution is 0.0951. The fourth-order valence-electron chi connectivity index (χ4n) is 2.10. The molecule has 2 aromatic heterocycles. The number of carbonyl (C=O) groups is 1. The van der Waals surface area contributed by atoms with E-state index in [0.29, 0.717) is 22.9 Å². The van der Waals surface area contributed by atoms with E-state index in [0.717, 1.165) is 11.1 Å². The third-order valence-electron chi connectivity index (χ3n) is 3.26. The summed E-state index contributed by atoms with van der Waals surface area (Å²) in [7, 11) is 1.83. The first-order valence-electron chi connectivity index (χ1n) is 6.44. The number of nitrogens with one attached hydrogen (secondary N) is 1. The molecule has 0 bridgehead atoms. The van der Waals surface area contributed by atoms with E-state index >= 15 is 0 Å². The molecule has 6 heteroatoms. The number of amides is 1. The molecule has 0 spiro atoms. The van der Waals surface area contributed by atoms with Gasteiger partial charge in [0.2, 0.25) is 5.28 Å². The average Bonchev–Trinajstić information content (AvgIpc) is 2.80. The van der Waals surface area contributed by atoms with Crippen molar-refractivity contribution in [1.29, 1.82) is 0 Å². The fraction of sp³-hybridized carbons (Fsp3) is 0.133. The number of aryl methyl sites for hydroxylation is 1. The topological polar surface area (TPSA) is 59.8 Å². The standard InChI is InChI=1S/C15H13ClN4O/c1-20-13-5-4-11(7-12(13)19-15(20)16)14(21)18-9-10-3-2-6-17-8-10/h2-8H,9H2,1H3,(H,18,21). The van der Waals surface area contributed by atoms with Crippen LogP contribution in [0.3, 0.4) is 0 Å².